The molecule has 1 heterocycles. The van der Waals surface area contributed by atoms with E-state index in [-0.39, 0.29) is 11.8 Å². The lowest BCUT2D eigenvalue weighted by Crippen LogP contribution is -2.36. The topological polar surface area (TPSA) is 49.4 Å². The number of nitrogens with one attached hydrogen (secondary N) is 1. The van der Waals surface area contributed by atoms with Crippen molar-refractivity contribution in [2.24, 2.45) is 0 Å². The number of aryl methyl sites for hydroxylation is 3. The van der Waals surface area contributed by atoms with Crippen LogP contribution in [0.2, 0.25) is 0 Å². The van der Waals surface area contributed by atoms with Gasteiger partial charge >= 0.3 is 0 Å². The summed E-state index contributed by atoms with van der Waals surface area (Å²) in [4.78, 5) is 26.2. The van der Waals surface area contributed by atoms with Crippen molar-refractivity contribution in [1.82, 2.24) is 4.90 Å². The third-order valence-corrected chi connectivity index (χ3v) is 5.60. The molecule has 1 aromatic carbocycles. The number of rotatable bonds is 7. The summed E-state index contributed by atoms with van der Waals surface area (Å²) in [5.74, 6) is 1.69. The van der Waals surface area contributed by atoms with Gasteiger partial charge in [-0.05, 0) is 63.3 Å². The second kappa shape index (κ2) is 9.85. The highest BCUT2D eigenvalue weighted by molar-refractivity contribution is 7.99. The Hall–Kier alpha value is -1.49. The summed E-state index contributed by atoms with van der Waals surface area (Å²) in [6.07, 6.45) is 4.81. The van der Waals surface area contributed by atoms with Gasteiger partial charge in [0.1, 0.15) is 0 Å². The van der Waals surface area contributed by atoms with Crippen LogP contribution in [0.3, 0.4) is 0 Å². The molecule has 0 spiro atoms. The summed E-state index contributed by atoms with van der Waals surface area (Å²) in [6.45, 7) is 7.94. The maximum absolute atomic E-state index is 12.2. The van der Waals surface area contributed by atoms with Crippen LogP contribution >= 0.6 is 11.8 Å². The lowest BCUT2D eigenvalue weighted by molar-refractivity contribution is -0.129. The van der Waals surface area contributed by atoms with Crippen LogP contribution in [0.4, 0.5) is 5.69 Å². The zero-order valence-electron chi connectivity index (χ0n) is 15.7. The van der Waals surface area contributed by atoms with Crippen LogP contribution in [-0.4, -0.2) is 41.3 Å². The Morgan fingerprint density at radius 3 is 2.36 bits per heavy atom. The van der Waals surface area contributed by atoms with Crippen LogP contribution in [-0.2, 0) is 9.59 Å². The van der Waals surface area contributed by atoms with E-state index in [4.69, 9.17) is 0 Å². The maximum Gasteiger partial charge on any atom is 0.232 e. The Bertz CT molecular complexity index is 587. The van der Waals surface area contributed by atoms with Crippen molar-refractivity contribution in [2.75, 3.05) is 29.9 Å². The van der Waals surface area contributed by atoms with Crippen molar-refractivity contribution in [3.63, 3.8) is 0 Å². The summed E-state index contributed by atoms with van der Waals surface area (Å²) in [5.41, 5.74) is 4.35. The molecular weight excluding hydrogens is 332 g/mol. The van der Waals surface area contributed by atoms with Gasteiger partial charge in [0.05, 0.1) is 5.75 Å². The molecule has 0 radical (unpaired) electrons. The van der Waals surface area contributed by atoms with Crippen molar-refractivity contribution >= 4 is 29.3 Å². The summed E-state index contributed by atoms with van der Waals surface area (Å²) in [7, 11) is 0. The van der Waals surface area contributed by atoms with Crippen LogP contribution in [0.25, 0.3) is 0 Å². The molecule has 0 aliphatic carbocycles. The van der Waals surface area contributed by atoms with Crippen molar-refractivity contribution in [3.8, 4) is 0 Å². The van der Waals surface area contributed by atoms with Gasteiger partial charge in [0.2, 0.25) is 11.8 Å². The number of hydrogen-bond acceptors (Lipinski definition) is 3. The van der Waals surface area contributed by atoms with Gasteiger partial charge in [-0.2, -0.15) is 11.8 Å². The molecular formula is C20H30N2O2S. The van der Waals surface area contributed by atoms with E-state index in [2.05, 4.69) is 24.4 Å². The Kier molecular flexibility index (Phi) is 7.82. The Balaban J connectivity index is 1.65. The number of anilines is 1. The van der Waals surface area contributed by atoms with Gasteiger partial charge in [0, 0.05) is 25.2 Å². The summed E-state index contributed by atoms with van der Waals surface area (Å²) in [5, 5.41) is 3.03. The first-order valence-corrected chi connectivity index (χ1v) is 10.4. The van der Waals surface area contributed by atoms with Gasteiger partial charge in [-0.15, -0.1) is 0 Å². The number of amides is 2. The first kappa shape index (κ1) is 19.8. The Morgan fingerprint density at radius 2 is 1.72 bits per heavy atom. The highest BCUT2D eigenvalue weighted by Crippen LogP contribution is 2.22. The summed E-state index contributed by atoms with van der Waals surface area (Å²) in [6, 6.07) is 4.18. The third-order valence-electron chi connectivity index (χ3n) is 4.57. The fraction of sp³-hybridized carbons (Fsp3) is 0.600. The number of benzene rings is 1. The van der Waals surface area contributed by atoms with Gasteiger partial charge in [0.15, 0.2) is 0 Å². The molecule has 0 atom stereocenters. The second-order valence-electron chi connectivity index (χ2n) is 6.92. The number of carbonyl (C=O) groups excluding carboxylic acids is 2. The molecule has 138 valence electrons. The fourth-order valence-electron chi connectivity index (χ4n) is 3.31. The molecule has 1 aliphatic heterocycles. The smallest absolute Gasteiger partial charge is 0.232 e. The number of likely N-dealkylation sites (tertiary alicyclic amines) is 1. The standard InChI is InChI=1S/C20H30N2O2S/c1-15-12-16(2)20(17(3)13-15)21-18(23)8-7-11-25-14-19(24)22-9-5-4-6-10-22/h12-13H,4-11,14H2,1-3H3,(H,21,23). The molecule has 2 rings (SSSR count). The van der Waals surface area contributed by atoms with Crippen molar-refractivity contribution in [2.45, 2.75) is 52.9 Å². The van der Waals surface area contributed by atoms with E-state index in [9.17, 15) is 9.59 Å². The van der Waals surface area contributed by atoms with Crippen LogP contribution in [0.1, 0.15) is 48.8 Å². The minimum atomic E-state index is 0.0537. The molecule has 4 nitrogen and oxygen atoms in total. The zero-order chi connectivity index (χ0) is 18.2. The number of nitrogens with zero attached hydrogens (tertiary/aromatic N) is 1. The molecule has 5 heteroatoms. The molecule has 1 saturated heterocycles. The minimum Gasteiger partial charge on any atom is -0.342 e. The van der Waals surface area contributed by atoms with Gasteiger partial charge in [-0.1, -0.05) is 17.7 Å². The van der Waals surface area contributed by atoms with E-state index in [1.807, 2.05) is 18.7 Å². The quantitative estimate of drug-likeness (QED) is 0.744. The summed E-state index contributed by atoms with van der Waals surface area (Å²) >= 11 is 1.64. The number of thioether (sulfide) groups is 1. The van der Waals surface area contributed by atoms with Gasteiger partial charge in [-0.25, -0.2) is 0 Å². The molecule has 1 N–H and O–H groups in total. The molecule has 2 amide bonds. The maximum atomic E-state index is 12.2. The first-order valence-electron chi connectivity index (χ1n) is 9.20. The molecule has 25 heavy (non-hydrogen) atoms. The van der Waals surface area contributed by atoms with E-state index in [0.717, 1.165) is 54.9 Å². The molecule has 0 aromatic heterocycles. The lowest BCUT2D eigenvalue weighted by atomic mass is 10.0. The van der Waals surface area contributed by atoms with Gasteiger partial charge in [0.25, 0.3) is 0 Å². The number of hydrogen-bond donors (Lipinski definition) is 1. The van der Waals surface area contributed by atoms with Gasteiger partial charge in [-0.3, -0.25) is 9.59 Å². The van der Waals surface area contributed by atoms with E-state index in [0.29, 0.717) is 12.2 Å². The average molecular weight is 363 g/mol. The van der Waals surface area contributed by atoms with E-state index in [1.165, 1.54) is 12.0 Å². The minimum absolute atomic E-state index is 0.0537. The third kappa shape index (κ3) is 6.38. The van der Waals surface area contributed by atoms with E-state index >= 15 is 0 Å². The predicted octanol–water partition coefficient (Wildman–Crippen LogP) is 4.08. The molecule has 0 unspecified atom stereocenters. The Morgan fingerprint density at radius 1 is 1.08 bits per heavy atom. The molecule has 1 fully saturated rings. The van der Waals surface area contributed by atoms with Crippen LogP contribution in [0.15, 0.2) is 12.1 Å². The lowest BCUT2D eigenvalue weighted by Gasteiger charge is -2.26. The first-order chi connectivity index (χ1) is 12.0. The van der Waals surface area contributed by atoms with Crippen molar-refractivity contribution in [1.29, 1.82) is 0 Å². The molecule has 1 aromatic rings. The normalized spacial score (nSPS) is 14.4. The van der Waals surface area contributed by atoms with E-state index < -0.39 is 0 Å². The van der Waals surface area contributed by atoms with Crippen molar-refractivity contribution in [3.05, 3.63) is 28.8 Å². The fourth-order valence-corrected chi connectivity index (χ4v) is 4.16. The van der Waals surface area contributed by atoms with Crippen molar-refractivity contribution < 1.29 is 9.59 Å². The molecule has 0 saturated carbocycles. The highest BCUT2D eigenvalue weighted by Gasteiger charge is 2.16. The Labute approximate surface area is 155 Å². The number of piperidine rings is 1. The summed E-state index contributed by atoms with van der Waals surface area (Å²) < 4.78 is 0. The van der Waals surface area contributed by atoms with Crippen LogP contribution in [0, 0.1) is 20.8 Å². The second-order valence-corrected chi connectivity index (χ2v) is 8.02. The molecule has 0 bridgehead atoms. The molecule has 1 aliphatic rings. The van der Waals surface area contributed by atoms with Gasteiger partial charge < -0.3 is 10.2 Å². The monoisotopic (exact) mass is 362 g/mol. The zero-order valence-corrected chi connectivity index (χ0v) is 16.5. The largest absolute Gasteiger partial charge is 0.342 e. The van der Waals surface area contributed by atoms with E-state index in [1.54, 1.807) is 11.8 Å². The average Bonchev–Trinajstić information content (AvgIpc) is 2.58. The van der Waals surface area contributed by atoms with Crippen LogP contribution in [0.5, 0.6) is 0 Å². The highest BCUT2D eigenvalue weighted by atomic mass is 32.2. The van der Waals surface area contributed by atoms with Crippen LogP contribution < -0.4 is 5.32 Å². The SMILES string of the molecule is Cc1cc(C)c(NC(=O)CCCSCC(=O)N2CCCCC2)c(C)c1. The predicted molar refractivity (Wildman–Crippen MR) is 106 cm³/mol. The number of carbonyl (C=O) groups is 2.